The Labute approximate surface area is 180 Å². The van der Waals surface area contributed by atoms with E-state index in [0.717, 1.165) is 0 Å². The van der Waals surface area contributed by atoms with Gasteiger partial charge in [-0.15, -0.1) is 24.8 Å². The summed E-state index contributed by atoms with van der Waals surface area (Å²) in [7, 11) is 0. The fourth-order valence-electron chi connectivity index (χ4n) is 2.63. The zero-order chi connectivity index (χ0) is 18.6. The van der Waals surface area contributed by atoms with Gasteiger partial charge in [-0.25, -0.2) is 0 Å². The molecule has 4 N–H and O–H groups in total. The van der Waals surface area contributed by atoms with Crippen LogP contribution in [-0.4, -0.2) is 35.6 Å². The first kappa shape index (κ1) is 24.1. The van der Waals surface area contributed by atoms with Crippen molar-refractivity contribution in [3.05, 3.63) is 53.3 Å². The molecule has 0 spiro atoms. The summed E-state index contributed by atoms with van der Waals surface area (Å²) in [6, 6.07) is 8.14. The number of carbonyl (C=O) groups is 2. The van der Waals surface area contributed by atoms with Gasteiger partial charge in [-0.05, 0) is 43.2 Å². The van der Waals surface area contributed by atoms with Crippen LogP contribution in [0.5, 0.6) is 0 Å². The second kappa shape index (κ2) is 10.6. The van der Waals surface area contributed by atoms with Gasteiger partial charge in [0.25, 0.3) is 5.91 Å². The van der Waals surface area contributed by atoms with Gasteiger partial charge in [-0.2, -0.15) is 0 Å². The predicted octanol–water partition coefficient (Wildman–Crippen LogP) is 3.28. The van der Waals surface area contributed by atoms with E-state index in [1.165, 1.54) is 12.3 Å². The number of pyridine rings is 1. The number of ether oxygens (including phenoxy) is 1. The van der Waals surface area contributed by atoms with Crippen molar-refractivity contribution < 1.29 is 14.3 Å². The molecule has 0 atom stereocenters. The number of amides is 2. The highest BCUT2D eigenvalue weighted by molar-refractivity contribution is 6.34. The van der Waals surface area contributed by atoms with Crippen molar-refractivity contribution in [1.29, 1.82) is 0 Å². The number of nitrogens with zero attached hydrogens (tertiary/aromatic N) is 1. The number of aromatic nitrogens is 1. The maximum absolute atomic E-state index is 12.4. The van der Waals surface area contributed by atoms with Gasteiger partial charge in [-0.1, -0.05) is 11.6 Å². The molecule has 7 nitrogen and oxygen atoms in total. The Morgan fingerprint density at radius 1 is 1.11 bits per heavy atom. The summed E-state index contributed by atoms with van der Waals surface area (Å²) >= 11 is 6.22. The van der Waals surface area contributed by atoms with E-state index in [4.69, 9.17) is 22.1 Å². The lowest BCUT2D eigenvalue weighted by molar-refractivity contribution is -0.124. The molecule has 1 aromatic heterocycles. The maximum atomic E-state index is 12.4. The number of anilines is 2. The van der Waals surface area contributed by atoms with E-state index in [2.05, 4.69) is 15.6 Å². The van der Waals surface area contributed by atoms with E-state index in [1.54, 1.807) is 30.5 Å². The summed E-state index contributed by atoms with van der Waals surface area (Å²) in [6.45, 7) is 0.913. The average Bonchev–Trinajstić information content (AvgIpc) is 2.63. The van der Waals surface area contributed by atoms with Gasteiger partial charge in [0.05, 0.1) is 22.5 Å². The number of nitrogens with one attached hydrogen (secondary N) is 2. The smallest absolute Gasteiger partial charge is 0.257 e. The van der Waals surface area contributed by atoms with Gasteiger partial charge >= 0.3 is 0 Å². The van der Waals surface area contributed by atoms with Crippen LogP contribution in [-0.2, 0) is 9.53 Å². The van der Waals surface area contributed by atoms with E-state index in [1.807, 2.05) is 0 Å². The fourth-order valence-corrected chi connectivity index (χ4v) is 2.90. The molecular formula is C18H21Cl3N4O3. The van der Waals surface area contributed by atoms with Crippen molar-refractivity contribution >= 4 is 59.6 Å². The van der Waals surface area contributed by atoms with Crippen molar-refractivity contribution in [3.63, 3.8) is 0 Å². The summed E-state index contributed by atoms with van der Waals surface area (Å²) < 4.78 is 5.25. The summed E-state index contributed by atoms with van der Waals surface area (Å²) in [4.78, 5) is 28.7. The van der Waals surface area contributed by atoms with Crippen LogP contribution in [0.3, 0.4) is 0 Å². The Morgan fingerprint density at radius 2 is 1.82 bits per heavy atom. The summed E-state index contributed by atoms with van der Waals surface area (Å²) in [6.07, 6.45) is 4.06. The van der Waals surface area contributed by atoms with Gasteiger partial charge in [0.2, 0.25) is 5.91 Å². The van der Waals surface area contributed by atoms with Gasteiger partial charge in [0.1, 0.15) is 5.54 Å². The minimum Gasteiger partial charge on any atom is -0.381 e. The van der Waals surface area contributed by atoms with E-state index in [-0.39, 0.29) is 41.7 Å². The zero-order valence-corrected chi connectivity index (χ0v) is 17.2. The average molecular weight is 448 g/mol. The van der Waals surface area contributed by atoms with Crippen molar-refractivity contribution in [1.82, 2.24) is 4.98 Å². The molecule has 1 fully saturated rings. The first-order valence-corrected chi connectivity index (χ1v) is 8.55. The quantitative estimate of drug-likeness (QED) is 0.667. The number of rotatable bonds is 4. The first-order valence-electron chi connectivity index (χ1n) is 8.17. The zero-order valence-electron chi connectivity index (χ0n) is 14.8. The van der Waals surface area contributed by atoms with Crippen molar-refractivity contribution in [2.24, 2.45) is 5.73 Å². The van der Waals surface area contributed by atoms with Crippen molar-refractivity contribution in [2.45, 2.75) is 18.4 Å². The lowest BCUT2D eigenvalue weighted by Gasteiger charge is -2.31. The molecule has 0 bridgehead atoms. The van der Waals surface area contributed by atoms with Crippen LogP contribution in [0.2, 0.25) is 5.02 Å². The van der Waals surface area contributed by atoms with E-state index in [9.17, 15) is 9.59 Å². The highest BCUT2D eigenvalue weighted by Gasteiger charge is 2.36. The van der Waals surface area contributed by atoms with Gasteiger partial charge in [0, 0.05) is 25.1 Å². The normalized spacial score (nSPS) is 14.8. The third kappa shape index (κ3) is 5.80. The molecule has 152 valence electrons. The van der Waals surface area contributed by atoms with Gasteiger partial charge in [-0.3, -0.25) is 14.6 Å². The van der Waals surface area contributed by atoms with Crippen LogP contribution in [0.1, 0.15) is 23.2 Å². The second-order valence-corrected chi connectivity index (χ2v) is 6.52. The highest BCUT2D eigenvalue weighted by Crippen LogP contribution is 2.24. The Balaban J connectivity index is 0.00000196. The number of hydrogen-bond acceptors (Lipinski definition) is 5. The van der Waals surface area contributed by atoms with Gasteiger partial charge < -0.3 is 21.1 Å². The van der Waals surface area contributed by atoms with Crippen molar-refractivity contribution in [2.75, 3.05) is 23.8 Å². The monoisotopic (exact) mass is 446 g/mol. The largest absolute Gasteiger partial charge is 0.381 e. The number of nitrogens with two attached hydrogens (primary N) is 1. The second-order valence-electron chi connectivity index (χ2n) is 6.11. The van der Waals surface area contributed by atoms with Crippen LogP contribution in [0, 0.1) is 0 Å². The lowest BCUT2D eigenvalue weighted by atomic mass is 9.90. The Bertz CT molecular complexity index is 815. The third-order valence-corrected chi connectivity index (χ3v) is 4.54. The number of hydrogen-bond donors (Lipinski definition) is 3. The topological polar surface area (TPSA) is 106 Å². The Hall–Kier alpha value is -1.90. The maximum Gasteiger partial charge on any atom is 0.257 e. The molecule has 0 radical (unpaired) electrons. The standard InChI is InChI=1S/C18H19ClN4O3.2ClH/c19-15-10-12(23-17(25)18(20)5-8-26-9-6-18)3-4-14(15)16(24)22-13-2-1-7-21-11-13;;/h1-4,7,10-11H,5-6,8-9,20H2,(H,22,24)(H,23,25);2*1H. The number of halogens is 3. The molecule has 1 saturated heterocycles. The molecule has 2 aromatic rings. The first-order chi connectivity index (χ1) is 12.5. The number of benzene rings is 1. The highest BCUT2D eigenvalue weighted by atomic mass is 35.5. The Kier molecular flexibility index (Phi) is 9.13. The minimum absolute atomic E-state index is 0. The van der Waals surface area contributed by atoms with E-state index in [0.29, 0.717) is 43.0 Å². The molecule has 1 aliphatic heterocycles. The van der Waals surface area contributed by atoms with Crippen LogP contribution in [0.4, 0.5) is 11.4 Å². The van der Waals surface area contributed by atoms with Gasteiger partial charge in [0.15, 0.2) is 0 Å². The third-order valence-electron chi connectivity index (χ3n) is 4.23. The van der Waals surface area contributed by atoms with Crippen LogP contribution >= 0.6 is 36.4 Å². The Morgan fingerprint density at radius 3 is 2.43 bits per heavy atom. The number of carbonyl (C=O) groups excluding carboxylic acids is 2. The molecule has 1 aromatic carbocycles. The minimum atomic E-state index is -0.957. The molecule has 0 saturated carbocycles. The molecule has 10 heteroatoms. The van der Waals surface area contributed by atoms with Crippen LogP contribution < -0.4 is 16.4 Å². The molecule has 2 amide bonds. The molecule has 3 rings (SSSR count). The molecular weight excluding hydrogens is 427 g/mol. The van der Waals surface area contributed by atoms with E-state index >= 15 is 0 Å². The summed E-state index contributed by atoms with van der Waals surface area (Å²) in [5.74, 6) is -0.648. The summed E-state index contributed by atoms with van der Waals surface area (Å²) in [5, 5.41) is 5.70. The molecule has 28 heavy (non-hydrogen) atoms. The SMILES string of the molecule is Cl.Cl.NC1(C(=O)Nc2ccc(C(=O)Nc3cccnc3)c(Cl)c2)CCOCC1. The molecule has 0 aliphatic carbocycles. The molecule has 1 aliphatic rings. The lowest BCUT2D eigenvalue weighted by Crippen LogP contribution is -2.54. The molecule has 0 unspecified atom stereocenters. The van der Waals surface area contributed by atoms with Crippen LogP contribution in [0.15, 0.2) is 42.7 Å². The fraction of sp³-hybridized carbons (Fsp3) is 0.278. The van der Waals surface area contributed by atoms with Crippen molar-refractivity contribution in [3.8, 4) is 0 Å². The summed E-state index contributed by atoms with van der Waals surface area (Å²) in [5.41, 5.74) is 6.54. The predicted molar refractivity (Wildman–Crippen MR) is 114 cm³/mol. The van der Waals surface area contributed by atoms with Crippen LogP contribution in [0.25, 0.3) is 0 Å². The van der Waals surface area contributed by atoms with E-state index < -0.39 is 5.54 Å². The molecule has 2 heterocycles.